The molecular weight excluding hydrogens is 1410 g/mol. The molecule has 16 rings (SSSR count). The Morgan fingerprint density at radius 2 is 0.438 bits per heavy atom. The van der Waals surface area contributed by atoms with Gasteiger partial charge in [0.05, 0.1) is 102 Å². The van der Waals surface area contributed by atoms with E-state index in [2.05, 4.69) is 33.1 Å². The van der Waals surface area contributed by atoms with Crippen molar-refractivity contribution in [2.45, 2.75) is 25.7 Å². The Hall–Kier alpha value is -8.60. The molecule has 0 saturated heterocycles. The van der Waals surface area contributed by atoms with Gasteiger partial charge in [0.25, 0.3) is 0 Å². The van der Waals surface area contributed by atoms with Gasteiger partial charge in [-0.05, 0) is 169 Å². The van der Waals surface area contributed by atoms with Crippen molar-refractivity contribution in [3.05, 3.63) is 239 Å². The average molecular weight is 1490 g/mol. The maximum Gasteiger partial charge on any atom is 0.127 e. The minimum Gasteiger partial charge on any atom is -0.507 e. The fourth-order valence-corrected chi connectivity index (χ4v) is 9.68. The summed E-state index contributed by atoms with van der Waals surface area (Å²) in [5, 5.41) is 44.0. The molecular formula is C76H80N4O14Pd2. The molecule has 8 aromatic rings. The van der Waals surface area contributed by atoms with Gasteiger partial charge in [-0.15, -0.1) is 0 Å². The Balaban J connectivity index is 0.000000265. The second kappa shape index (κ2) is 41.4. The summed E-state index contributed by atoms with van der Waals surface area (Å²) >= 11 is 0. The van der Waals surface area contributed by atoms with Crippen LogP contribution in [-0.2, 0) is 95.0 Å². The second-order valence-corrected chi connectivity index (χ2v) is 21.7. The van der Waals surface area contributed by atoms with Crippen LogP contribution in [0.4, 0.5) is 22.7 Å². The number of hydrogen-bond donors (Lipinski definition) is 4. The zero-order valence-electron chi connectivity index (χ0n) is 53.3. The largest absolute Gasteiger partial charge is 0.507 e. The normalized spacial score (nSPS) is 15.5. The predicted octanol–water partition coefficient (Wildman–Crippen LogP) is 13.5. The van der Waals surface area contributed by atoms with E-state index in [1.165, 1.54) is 0 Å². The summed E-state index contributed by atoms with van der Waals surface area (Å²) in [4.78, 5) is 18.1. The Morgan fingerprint density at radius 3 is 0.635 bits per heavy atom. The van der Waals surface area contributed by atoms with Crippen molar-refractivity contribution < 1.29 is 109 Å². The molecule has 18 nitrogen and oxygen atoms in total. The number of phenolic OH excluding ortho intramolecular Hbond substituents is 4. The molecule has 8 aliphatic rings. The van der Waals surface area contributed by atoms with Gasteiger partial charge in [-0.1, -0.05) is 72.8 Å². The third-order valence-electron chi connectivity index (χ3n) is 14.6. The van der Waals surface area contributed by atoms with Gasteiger partial charge in [-0.25, -0.2) is 0 Å². The smallest absolute Gasteiger partial charge is 0.127 e. The van der Waals surface area contributed by atoms with Crippen LogP contribution in [-0.4, -0.2) is 151 Å². The number of aromatic hydroxyl groups is 4. The molecule has 0 aliphatic carbocycles. The van der Waals surface area contributed by atoms with Crippen LogP contribution in [0.25, 0.3) is 0 Å². The molecule has 508 valence electrons. The summed E-state index contributed by atoms with van der Waals surface area (Å²) in [5.41, 5.74) is 9.89. The van der Waals surface area contributed by atoms with Gasteiger partial charge >= 0.3 is 0 Å². The van der Waals surface area contributed by atoms with E-state index in [0.29, 0.717) is 177 Å². The van der Waals surface area contributed by atoms with E-state index in [9.17, 15) is 20.4 Å². The molecule has 4 N–H and O–H groups in total. The Kier molecular flexibility index (Phi) is 32.2. The summed E-state index contributed by atoms with van der Waals surface area (Å²) in [7, 11) is 0. The zero-order valence-corrected chi connectivity index (χ0v) is 56.4. The number of aliphatic imine (C=N–C) groups is 4. The van der Waals surface area contributed by atoms with Crippen molar-refractivity contribution in [3.63, 3.8) is 0 Å². The summed E-state index contributed by atoms with van der Waals surface area (Å²) in [6.45, 7) is 15.7. The summed E-state index contributed by atoms with van der Waals surface area (Å²) < 4.78 is 56.4. The minimum atomic E-state index is 0. The molecule has 8 aromatic carbocycles. The van der Waals surface area contributed by atoms with Gasteiger partial charge in [0.1, 0.15) is 72.4 Å². The monoisotopic (exact) mass is 1480 g/mol. The molecule has 16 bridgehead atoms. The first-order chi connectivity index (χ1) is 46.1. The van der Waals surface area contributed by atoms with Crippen molar-refractivity contribution in [2.24, 2.45) is 20.0 Å². The standard InChI is InChI=1S/2C38H40N2O7.2Pd/c2*1-28-24-29-4-2-6-31(37(29)41)26-39-33-8-12-35(13-9-33)46-22-20-44-18-16-43-17-19-45-21-23-47-36-14-10-34(11-15-36)40-27-32-7-3-5-30(25-28)38(32)42;;/h2*2-15,26-27,41-42H,1,16-25H2;;. The number of benzene rings is 8. The van der Waals surface area contributed by atoms with Crippen molar-refractivity contribution in [2.75, 3.05) is 106 Å². The van der Waals surface area contributed by atoms with Crippen LogP contribution in [0.3, 0.4) is 0 Å². The van der Waals surface area contributed by atoms with Gasteiger partial charge in [-0.2, -0.15) is 0 Å². The van der Waals surface area contributed by atoms with E-state index in [1.54, 1.807) is 24.9 Å². The molecule has 8 heterocycles. The molecule has 0 unspecified atom stereocenters. The number of hydrogen-bond acceptors (Lipinski definition) is 18. The van der Waals surface area contributed by atoms with Gasteiger partial charge in [-0.3, -0.25) is 20.0 Å². The van der Waals surface area contributed by atoms with E-state index < -0.39 is 0 Å². The van der Waals surface area contributed by atoms with E-state index in [1.807, 2.05) is 170 Å². The van der Waals surface area contributed by atoms with Gasteiger partial charge < -0.3 is 67.8 Å². The number of para-hydroxylation sites is 4. The van der Waals surface area contributed by atoms with E-state index in [0.717, 1.165) is 56.1 Å². The first kappa shape index (κ1) is 74.8. The zero-order chi connectivity index (χ0) is 65.4. The van der Waals surface area contributed by atoms with E-state index in [4.69, 9.17) is 47.4 Å². The van der Waals surface area contributed by atoms with Gasteiger partial charge in [0, 0.05) is 88.0 Å². The number of rotatable bonds is 0. The predicted molar refractivity (Wildman–Crippen MR) is 367 cm³/mol. The molecule has 0 amide bonds. The molecule has 0 radical (unpaired) electrons. The maximum atomic E-state index is 11.0. The molecule has 0 saturated carbocycles. The topological polar surface area (TPSA) is 223 Å². The first-order valence-electron chi connectivity index (χ1n) is 31.2. The molecule has 8 aliphatic heterocycles. The maximum absolute atomic E-state index is 11.0. The summed E-state index contributed by atoms with van der Waals surface area (Å²) in [5.74, 6) is 3.45. The third kappa shape index (κ3) is 25.2. The fourth-order valence-electron chi connectivity index (χ4n) is 9.68. The fraction of sp³-hybridized carbons (Fsp3) is 0.263. The molecule has 0 aromatic heterocycles. The van der Waals surface area contributed by atoms with Gasteiger partial charge in [0.15, 0.2) is 0 Å². The van der Waals surface area contributed by atoms with Crippen molar-refractivity contribution in [3.8, 4) is 46.0 Å². The minimum absolute atomic E-state index is 0. The first-order valence-corrected chi connectivity index (χ1v) is 31.2. The average Bonchev–Trinajstić information content (AvgIpc) is 0.919. The number of ether oxygens (including phenoxy) is 10. The quantitative estimate of drug-likeness (QED) is 0.0819. The summed E-state index contributed by atoms with van der Waals surface area (Å²) in [6, 6.07) is 51.8. The Morgan fingerprint density at radius 1 is 0.250 bits per heavy atom. The van der Waals surface area contributed by atoms with Crippen LogP contribution in [0.15, 0.2) is 214 Å². The second-order valence-electron chi connectivity index (χ2n) is 21.7. The van der Waals surface area contributed by atoms with E-state index in [-0.39, 0.29) is 63.8 Å². The Bertz CT molecular complexity index is 3320. The number of nitrogens with zero attached hydrogens (tertiary/aromatic N) is 4. The third-order valence-corrected chi connectivity index (χ3v) is 14.6. The van der Waals surface area contributed by atoms with Crippen LogP contribution in [0, 0.1) is 0 Å². The van der Waals surface area contributed by atoms with E-state index >= 15 is 0 Å². The SMILES string of the molecule is C=C1Cc2cccc(c2O)C=Nc2ccc(cc2)OCCOCCOCCOCCOc2ccc(cc2)N=Cc2cccc(c2O)C1.C=C1Cc2cccc(c2O)C=Nc2ccc(cc2)OCCOCCOCCOCCOc2ccc(cc2)N=Cc2cccc(c2O)C1.[Pd].[Pd]. The molecule has 0 atom stereocenters. The molecule has 20 heteroatoms. The number of allylic oxidation sites excluding steroid dienone is 2. The summed E-state index contributed by atoms with van der Waals surface area (Å²) in [6.07, 6.45) is 8.31. The van der Waals surface area contributed by atoms with Crippen LogP contribution in [0.1, 0.15) is 44.5 Å². The van der Waals surface area contributed by atoms with Crippen LogP contribution < -0.4 is 18.9 Å². The van der Waals surface area contributed by atoms with Crippen molar-refractivity contribution in [1.82, 2.24) is 0 Å². The Labute approximate surface area is 588 Å². The van der Waals surface area contributed by atoms with Crippen molar-refractivity contribution >= 4 is 47.6 Å². The van der Waals surface area contributed by atoms with Crippen LogP contribution >= 0.6 is 0 Å². The van der Waals surface area contributed by atoms with Crippen LogP contribution in [0.5, 0.6) is 46.0 Å². The molecule has 0 fully saturated rings. The van der Waals surface area contributed by atoms with Crippen molar-refractivity contribution in [1.29, 1.82) is 0 Å². The molecule has 0 spiro atoms. The number of phenols is 4. The van der Waals surface area contributed by atoms with Gasteiger partial charge in [0.2, 0.25) is 0 Å². The van der Waals surface area contributed by atoms with Crippen LogP contribution in [0.2, 0.25) is 0 Å². The molecule has 96 heavy (non-hydrogen) atoms.